The van der Waals surface area contributed by atoms with Crippen LogP contribution in [0, 0.1) is 0 Å². The molecule has 1 aliphatic rings. The maximum atomic E-state index is 10.2. The van der Waals surface area contributed by atoms with Crippen LogP contribution in [0.4, 0.5) is 5.13 Å². The zero-order chi connectivity index (χ0) is 20.3. The molecule has 0 amide bonds. The number of hydrogen-bond acceptors (Lipinski definition) is 7. The van der Waals surface area contributed by atoms with Crippen molar-refractivity contribution in [2.75, 3.05) is 5.32 Å². The third-order valence-electron chi connectivity index (χ3n) is 5.34. The second kappa shape index (κ2) is 8.38. The molecule has 0 unspecified atom stereocenters. The Labute approximate surface area is 178 Å². The lowest BCUT2D eigenvalue weighted by molar-refractivity contribution is 0.116. The van der Waals surface area contributed by atoms with Crippen LogP contribution in [0.5, 0.6) is 11.5 Å². The monoisotopic (exact) mass is 418 g/mol. The lowest BCUT2D eigenvalue weighted by Gasteiger charge is -2.27. The smallest absolute Gasteiger partial charge is 0.184 e. The number of aliphatic hydroxyl groups excluding tert-OH is 1. The van der Waals surface area contributed by atoms with Crippen molar-refractivity contribution in [1.82, 2.24) is 15.0 Å². The third-order valence-corrected chi connectivity index (χ3v) is 6.29. The fraction of sp³-hybridized carbons (Fsp3) is 0.261. The van der Waals surface area contributed by atoms with Crippen LogP contribution in [0.15, 0.2) is 61.2 Å². The SMILES string of the molecule is O[C@@H]1CCCC[C@H]1Nc1nc2ccc(Oc3cncc(-c4cccnc4)c3)cc2s1. The van der Waals surface area contributed by atoms with Gasteiger partial charge in [0, 0.05) is 35.8 Å². The van der Waals surface area contributed by atoms with E-state index in [1.54, 1.807) is 29.9 Å². The highest BCUT2D eigenvalue weighted by Crippen LogP contribution is 2.33. The van der Waals surface area contributed by atoms with E-state index in [2.05, 4.69) is 20.3 Å². The van der Waals surface area contributed by atoms with Crippen molar-refractivity contribution in [2.45, 2.75) is 37.8 Å². The molecule has 7 heteroatoms. The molecule has 0 aliphatic heterocycles. The molecule has 152 valence electrons. The quantitative estimate of drug-likeness (QED) is 0.460. The van der Waals surface area contributed by atoms with Gasteiger partial charge in [-0.3, -0.25) is 9.97 Å². The number of aromatic nitrogens is 3. The number of pyridine rings is 2. The van der Waals surface area contributed by atoms with Crippen molar-refractivity contribution in [3.05, 3.63) is 61.2 Å². The van der Waals surface area contributed by atoms with E-state index in [0.29, 0.717) is 5.75 Å². The summed E-state index contributed by atoms with van der Waals surface area (Å²) < 4.78 is 7.10. The molecule has 1 saturated carbocycles. The number of benzene rings is 1. The normalized spacial score (nSPS) is 19.0. The van der Waals surface area contributed by atoms with Crippen molar-refractivity contribution in [2.24, 2.45) is 0 Å². The molecule has 1 aromatic carbocycles. The molecule has 3 aromatic heterocycles. The summed E-state index contributed by atoms with van der Waals surface area (Å²) in [5, 5.41) is 14.5. The van der Waals surface area contributed by atoms with Crippen LogP contribution in [-0.2, 0) is 0 Å². The third kappa shape index (κ3) is 4.13. The molecule has 0 radical (unpaired) electrons. The highest BCUT2D eigenvalue weighted by atomic mass is 32.1. The fourth-order valence-corrected chi connectivity index (χ4v) is 4.73. The Balaban J connectivity index is 1.34. The number of rotatable bonds is 5. The average molecular weight is 419 g/mol. The molecule has 1 fully saturated rings. The van der Waals surface area contributed by atoms with E-state index in [1.165, 1.54) is 0 Å². The highest BCUT2D eigenvalue weighted by Gasteiger charge is 2.23. The second-order valence-corrected chi connectivity index (χ2v) is 8.53. The number of nitrogens with zero attached hydrogens (tertiary/aromatic N) is 3. The summed E-state index contributed by atoms with van der Waals surface area (Å²) >= 11 is 1.58. The summed E-state index contributed by atoms with van der Waals surface area (Å²) in [4.78, 5) is 13.1. The molecule has 4 aromatic rings. The lowest BCUT2D eigenvalue weighted by atomic mass is 9.93. The molecule has 3 heterocycles. The predicted molar refractivity (Wildman–Crippen MR) is 119 cm³/mol. The molecule has 5 rings (SSSR count). The topological polar surface area (TPSA) is 80.2 Å². The molecular weight excluding hydrogens is 396 g/mol. The van der Waals surface area contributed by atoms with Gasteiger partial charge in [-0.05, 0) is 37.1 Å². The zero-order valence-corrected chi connectivity index (χ0v) is 17.2. The first-order chi connectivity index (χ1) is 14.7. The van der Waals surface area contributed by atoms with Gasteiger partial charge in [0.1, 0.15) is 11.5 Å². The van der Waals surface area contributed by atoms with E-state index < -0.39 is 0 Å². The van der Waals surface area contributed by atoms with Gasteiger partial charge in [0.05, 0.1) is 28.6 Å². The van der Waals surface area contributed by atoms with Crippen molar-refractivity contribution in [3.8, 4) is 22.6 Å². The van der Waals surface area contributed by atoms with Gasteiger partial charge in [0.2, 0.25) is 0 Å². The molecular formula is C23H22N4O2S. The Morgan fingerprint density at radius 3 is 2.73 bits per heavy atom. The number of anilines is 1. The molecule has 30 heavy (non-hydrogen) atoms. The van der Waals surface area contributed by atoms with E-state index in [4.69, 9.17) is 4.74 Å². The van der Waals surface area contributed by atoms with Crippen molar-refractivity contribution in [1.29, 1.82) is 0 Å². The Bertz CT molecular complexity index is 1150. The summed E-state index contributed by atoms with van der Waals surface area (Å²) in [7, 11) is 0. The number of aliphatic hydroxyl groups is 1. The Hall–Kier alpha value is -3.03. The number of fused-ring (bicyclic) bond motifs is 1. The van der Waals surface area contributed by atoms with Crippen molar-refractivity contribution >= 4 is 26.7 Å². The van der Waals surface area contributed by atoms with Gasteiger partial charge in [0.15, 0.2) is 5.13 Å². The fourth-order valence-electron chi connectivity index (χ4n) is 3.77. The number of nitrogens with one attached hydrogen (secondary N) is 1. The van der Waals surface area contributed by atoms with Crippen LogP contribution >= 0.6 is 11.3 Å². The molecule has 0 saturated heterocycles. The van der Waals surface area contributed by atoms with Gasteiger partial charge in [-0.15, -0.1) is 0 Å². The van der Waals surface area contributed by atoms with E-state index in [9.17, 15) is 5.11 Å². The minimum atomic E-state index is -0.302. The van der Waals surface area contributed by atoms with Gasteiger partial charge < -0.3 is 15.2 Å². The number of ether oxygens (including phenoxy) is 1. The summed E-state index contributed by atoms with van der Waals surface area (Å²) in [6, 6.07) is 11.8. The van der Waals surface area contributed by atoms with Crippen LogP contribution < -0.4 is 10.1 Å². The van der Waals surface area contributed by atoms with Gasteiger partial charge in [-0.25, -0.2) is 4.98 Å². The molecule has 6 nitrogen and oxygen atoms in total. The molecule has 0 spiro atoms. The van der Waals surface area contributed by atoms with Crippen LogP contribution in [0.2, 0.25) is 0 Å². The van der Waals surface area contributed by atoms with Crippen LogP contribution in [-0.4, -0.2) is 32.2 Å². The second-order valence-electron chi connectivity index (χ2n) is 7.50. The zero-order valence-electron chi connectivity index (χ0n) is 16.4. The maximum absolute atomic E-state index is 10.2. The van der Waals surface area contributed by atoms with Crippen LogP contribution in [0.3, 0.4) is 0 Å². The average Bonchev–Trinajstić information content (AvgIpc) is 3.18. The van der Waals surface area contributed by atoms with E-state index >= 15 is 0 Å². The van der Waals surface area contributed by atoms with Gasteiger partial charge in [-0.2, -0.15) is 0 Å². The Morgan fingerprint density at radius 1 is 0.967 bits per heavy atom. The first-order valence-corrected chi connectivity index (χ1v) is 10.9. The predicted octanol–water partition coefficient (Wildman–Crippen LogP) is 5.26. The van der Waals surface area contributed by atoms with E-state index in [-0.39, 0.29) is 12.1 Å². The van der Waals surface area contributed by atoms with Crippen LogP contribution in [0.25, 0.3) is 21.3 Å². The first-order valence-electron chi connectivity index (χ1n) is 10.1. The number of hydrogen-bond donors (Lipinski definition) is 2. The molecule has 2 atom stereocenters. The molecule has 1 aliphatic carbocycles. The van der Waals surface area contributed by atoms with Crippen molar-refractivity contribution < 1.29 is 9.84 Å². The van der Waals surface area contributed by atoms with Gasteiger partial charge in [0.25, 0.3) is 0 Å². The summed E-state index contributed by atoms with van der Waals surface area (Å²) in [5.74, 6) is 1.41. The summed E-state index contributed by atoms with van der Waals surface area (Å²) in [6.45, 7) is 0. The molecule has 2 N–H and O–H groups in total. The highest BCUT2D eigenvalue weighted by molar-refractivity contribution is 7.22. The standard InChI is InChI=1S/C23H22N4O2S/c28-21-6-2-1-5-19(21)26-23-27-20-8-7-17(11-22(20)30-23)29-18-10-16(13-25-14-18)15-4-3-9-24-12-15/h3-4,7-14,19,21,28H,1-2,5-6H2,(H,26,27)/t19-,21-/m1/s1. The summed E-state index contributed by atoms with van der Waals surface area (Å²) in [6.07, 6.45) is 10.8. The van der Waals surface area contributed by atoms with Crippen LogP contribution in [0.1, 0.15) is 25.7 Å². The summed E-state index contributed by atoms with van der Waals surface area (Å²) in [5.41, 5.74) is 2.87. The largest absolute Gasteiger partial charge is 0.456 e. The van der Waals surface area contributed by atoms with Gasteiger partial charge in [-0.1, -0.05) is 30.2 Å². The molecule has 0 bridgehead atoms. The number of thiazole rings is 1. The van der Waals surface area contributed by atoms with Gasteiger partial charge >= 0.3 is 0 Å². The maximum Gasteiger partial charge on any atom is 0.184 e. The minimum Gasteiger partial charge on any atom is -0.456 e. The first kappa shape index (κ1) is 19.0. The van der Waals surface area contributed by atoms with E-state index in [1.807, 2.05) is 42.6 Å². The minimum absolute atomic E-state index is 0.0799. The Morgan fingerprint density at radius 2 is 1.87 bits per heavy atom. The lowest BCUT2D eigenvalue weighted by Crippen LogP contribution is -2.36. The van der Waals surface area contributed by atoms with Crippen molar-refractivity contribution in [3.63, 3.8) is 0 Å². The Kier molecular flexibility index (Phi) is 5.29. The van der Waals surface area contributed by atoms with E-state index in [0.717, 1.165) is 57.9 Å².